The molecule has 1 N–H and O–H groups in total. The lowest BCUT2D eigenvalue weighted by Gasteiger charge is -2.30. The average molecular weight is 419 g/mol. The third-order valence-electron chi connectivity index (χ3n) is 6.52. The number of fused-ring (bicyclic) bond motifs is 2. The number of halogens is 1. The Hall–Kier alpha value is -3.28. The number of para-hydroxylation sites is 1. The van der Waals surface area contributed by atoms with Crippen molar-refractivity contribution >= 4 is 28.2 Å². The van der Waals surface area contributed by atoms with E-state index in [9.17, 15) is 9.18 Å². The number of nitrogens with zero attached hydrogens (tertiary/aromatic N) is 3. The molecule has 5 nitrogen and oxygen atoms in total. The van der Waals surface area contributed by atoms with Crippen LogP contribution in [0.2, 0.25) is 0 Å². The molecular weight excluding hydrogens is 391 g/mol. The summed E-state index contributed by atoms with van der Waals surface area (Å²) in [6, 6.07) is 16.4. The molecule has 2 unspecified atom stereocenters. The van der Waals surface area contributed by atoms with E-state index in [2.05, 4.69) is 65.7 Å². The largest absolute Gasteiger partial charge is 0.359 e. The summed E-state index contributed by atoms with van der Waals surface area (Å²) in [4.78, 5) is 16.9. The second-order valence-electron chi connectivity index (χ2n) is 8.40. The molecule has 3 aromatic rings. The summed E-state index contributed by atoms with van der Waals surface area (Å²) in [6.45, 7) is 7.51. The summed E-state index contributed by atoms with van der Waals surface area (Å²) < 4.78 is 16.1. The quantitative estimate of drug-likeness (QED) is 0.611. The number of piperidine rings is 1. The smallest absolute Gasteiger partial charge is 0.254 e. The van der Waals surface area contributed by atoms with Crippen molar-refractivity contribution in [2.45, 2.75) is 32.2 Å². The normalized spacial score (nSPS) is 20.8. The van der Waals surface area contributed by atoms with Gasteiger partial charge in [0.1, 0.15) is 12.3 Å². The van der Waals surface area contributed by atoms with Gasteiger partial charge in [-0.05, 0) is 42.8 Å². The minimum absolute atomic E-state index is 0.0187. The zero-order valence-corrected chi connectivity index (χ0v) is 17.9. The number of hydrogen-bond donors (Lipinski definition) is 1. The van der Waals surface area contributed by atoms with Crippen LogP contribution in [0, 0.1) is 0 Å². The van der Waals surface area contributed by atoms with Gasteiger partial charge in [-0.2, -0.15) is 0 Å². The lowest BCUT2D eigenvalue weighted by atomic mass is 10.0. The molecule has 3 heterocycles. The second-order valence-corrected chi connectivity index (χ2v) is 8.40. The van der Waals surface area contributed by atoms with Crippen molar-refractivity contribution < 1.29 is 9.18 Å². The highest BCUT2D eigenvalue weighted by atomic mass is 19.1. The van der Waals surface area contributed by atoms with Crippen LogP contribution in [0.5, 0.6) is 0 Å². The first-order chi connectivity index (χ1) is 15.0. The predicted molar refractivity (Wildman–Crippen MR) is 123 cm³/mol. The van der Waals surface area contributed by atoms with E-state index in [1.807, 2.05) is 18.2 Å². The summed E-state index contributed by atoms with van der Waals surface area (Å²) in [5.74, 6) is -0.0774. The van der Waals surface area contributed by atoms with Crippen LogP contribution < -0.4 is 10.2 Å². The number of hydrogen-bond acceptors (Lipinski definition) is 3. The van der Waals surface area contributed by atoms with E-state index >= 15 is 0 Å². The molecule has 0 saturated carbocycles. The number of carbonyl (C=O) groups is 1. The SMILES string of the molecule is C=C1CN(C(=O)c2ccc3c(c2)NC(c2cc4ccccc4n2CC)N3C)CCC1F. The number of carbonyl (C=O) groups excluding carboxylic acids is 1. The lowest BCUT2D eigenvalue weighted by molar-refractivity contribution is 0.0725. The van der Waals surface area contributed by atoms with Crippen molar-refractivity contribution in [1.82, 2.24) is 9.47 Å². The van der Waals surface area contributed by atoms with Gasteiger partial charge in [0.05, 0.1) is 17.1 Å². The molecule has 160 valence electrons. The van der Waals surface area contributed by atoms with E-state index in [1.54, 1.807) is 4.90 Å². The molecule has 1 saturated heterocycles. The van der Waals surface area contributed by atoms with E-state index in [4.69, 9.17) is 0 Å². The molecule has 6 heteroatoms. The number of aryl methyl sites for hydroxylation is 1. The summed E-state index contributed by atoms with van der Waals surface area (Å²) in [6.07, 6.45) is -0.708. The molecule has 2 aromatic carbocycles. The van der Waals surface area contributed by atoms with Crippen molar-refractivity contribution in [2.24, 2.45) is 0 Å². The molecular formula is C25H27FN4O. The van der Waals surface area contributed by atoms with Crippen molar-refractivity contribution in [1.29, 1.82) is 0 Å². The van der Waals surface area contributed by atoms with Crippen molar-refractivity contribution in [3.63, 3.8) is 0 Å². The summed E-state index contributed by atoms with van der Waals surface area (Å²) in [5.41, 5.74) is 5.49. The Kier molecular flexibility index (Phi) is 4.73. The third-order valence-corrected chi connectivity index (χ3v) is 6.52. The first kappa shape index (κ1) is 19.7. The minimum Gasteiger partial charge on any atom is -0.359 e. The van der Waals surface area contributed by atoms with Crippen LogP contribution in [0.4, 0.5) is 15.8 Å². The molecule has 0 spiro atoms. The van der Waals surface area contributed by atoms with Crippen LogP contribution in [-0.4, -0.2) is 41.7 Å². The van der Waals surface area contributed by atoms with Crippen molar-refractivity contribution in [3.8, 4) is 0 Å². The fraction of sp³-hybridized carbons (Fsp3) is 0.320. The Labute approximate surface area is 181 Å². The highest BCUT2D eigenvalue weighted by Crippen LogP contribution is 2.42. The standard InChI is InChI=1S/C25H27FN4O/c1-4-30-21-8-6-5-7-17(21)14-23(30)24-27-20-13-18(9-10-22(20)28(24)3)25(31)29-12-11-19(26)16(2)15-29/h5-10,13-14,19,24,27H,2,4,11-12,15H2,1,3H3. The van der Waals surface area contributed by atoms with E-state index < -0.39 is 6.17 Å². The van der Waals surface area contributed by atoms with E-state index in [-0.39, 0.29) is 18.6 Å². The molecule has 5 rings (SSSR count). The number of anilines is 2. The fourth-order valence-corrected chi connectivity index (χ4v) is 4.81. The van der Waals surface area contributed by atoms with E-state index in [1.165, 1.54) is 16.6 Å². The zero-order chi connectivity index (χ0) is 21.7. The Morgan fingerprint density at radius 3 is 2.81 bits per heavy atom. The summed E-state index contributed by atoms with van der Waals surface area (Å²) in [7, 11) is 2.07. The van der Waals surface area contributed by atoms with Gasteiger partial charge < -0.3 is 19.7 Å². The number of likely N-dealkylation sites (tertiary alicyclic amines) is 1. The zero-order valence-electron chi connectivity index (χ0n) is 17.9. The number of aromatic nitrogens is 1. The molecule has 31 heavy (non-hydrogen) atoms. The maximum absolute atomic E-state index is 13.7. The third kappa shape index (κ3) is 3.17. The first-order valence-corrected chi connectivity index (χ1v) is 10.8. The van der Waals surface area contributed by atoms with Crippen LogP contribution in [0.3, 0.4) is 0 Å². The Morgan fingerprint density at radius 2 is 2.03 bits per heavy atom. The number of nitrogens with one attached hydrogen (secondary N) is 1. The van der Waals surface area contributed by atoms with Gasteiger partial charge in [0, 0.05) is 49.6 Å². The summed E-state index contributed by atoms with van der Waals surface area (Å²) in [5, 5.41) is 4.83. The first-order valence-electron chi connectivity index (χ1n) is 10.8. The molecule has 0 bridgehead atoms. The highest BCUT2D eigenvalue weighted by Gasteiger charge is 2.32. The Morgan fingerprint density at radius 1 is 1.23 bits per heavy atom. The predicted octanol–water partition coefficient (Wildman–Crippen LogP) is 4.96. The van der Waals surface area contributed by atoms with Gasteiger partial charge >= 0.3 is 0 Å². The average Bonchev–Trinajstić information content (AvgIpc) is 3.32. The number of amides is 1. The van der Waals surface area contributed by atoms with E-state index in [0.29, 0.717) is 24.1 Å². The number of benzene rings is 2. The molecule has 1 amide bonds. The number of alkyl halides is 1. The van der Waals surface area contributed by atoms with Crippen LogP contribution >= 0.6 is 0 Å². The lowest BCUT2D eigenvalue weighted by Crippen LogP contribution is -2.40. The Bertz CT molecular complexity index is 1180. The molecule has 2 aliphatic rings. The molecule has 0 aliphatic carbocycles. The maximum Gasteiger partial charge on any atom is 0.254 e. The molecule has 0 radical (unpaired) electrons. The molecule has 2 atom stereocenters. The molecule has 1 aromatic heterocycles. The summed E-state index contributed by atoms with van der Waals surface area (Å²) >= 11 is 0. The monoisotopic (exact) mass is 418 g/mol. The maximum atomic E-state index is 13.7. The van der Waals surface area contributed by atoms with Crippen LogP contribution in [0.25, 0.3) is 10.9 Å². The van der Waals surface area contributed by atoms with Gasteiger partial charge in [-0.1, -0.05) is 24.8 Å². The highest BCUT2D eigenvalue weighted by molar-refractivity contribution is 5.97. The fourth-order valence-electron chi connectivity index (χ4n) is 4.81. The van der Waals surface area contributed by atoms with Crippen molar-refractivity contribution in [3.05, 3.63) is 71.9 Å². The topological polar surface area (TPSA) is 40.5 Å². The van der Waals surface area contributed by atoms with Gasteiger partial charge in [0.15, 0.2) is 0 Å². The van der Waals surface area contributed by atoms with Gasteiger partial charge in [0.25, 0.3) is 5.91 Å². The van der Waals surface area contributed by atoms with Crippen LogP contribution in [0.1, 0.15) is 35.6 Å². The van der Waals surface area contributed by atoms with Gasteiger partial charge in [-0.25, -0.2) is 4.39 Å². The van der Waals surface area contributed by atoms with Gasteiger partial charge in [-0.15, -0.1) is 0 Å². The minimum atomic E-state index is -1.01. The number of rotatable bonds is 3. The Balaban J connectivity index is 1.44. The second kappa shape index (κ2) is 7.45. The molecule has 2 aliphatic heterocycles. The van der Waals surface area contributed by atoms with E-state index in [0.717, 1.165) is 17.9 Å². The van der Waals surface area contributed by atoms with Gasteiger partial charge in [-0.3, -0.25) is 4.79 Å². The van der Waals surface area contributed by atoms with Gasteiger partial charge in [0.2, 0.25) is 0 Å². The van der Waals surface area contributed by atoms with Crippen molar-refractivity contribution in [2.75, 3.05) is 30.4 Å². The van der Waals surface area contributed by atoms with Crippen LogP contribution in [0.15, 0.2) is 60.7 Å². The molecule has 1 fully saturated rings. The van der Waals surface area contributed by atoms with Crippen LogP contribution in [-0.2, 0) is 6.54 Å².